The summed E-state index contributed by atoms with van der Waals surface area (Å²) in [7, 11) is 1.97. The van der Waals surface area contributed by atoms with E-state index in [0.29, 0.717) is 12.2 Å². The number of hydrogen-bond donors (Lipinski definition) is 0. The van der Waals surface area contributed by atoms with Crippen LogP contribution in [0.3, 0.4) is 0 Å². The maximum absolute atomic E-state index is 13.6. The molecule has 144 valence electrons. The van der Waals surface area contributed by atoms with Gasteiger partial charge in [0.2, 0.25) is 0 Å². The smallest absolute Gasteiger partial charge is 0.253 e. The Bertz CT molecular complexity index is 824. The lowest BCUT2D eigenvalue weighted by atomic mass is 9.92. The summed E-state index contributed by atoms with van der Waals surface area (Å²) in [6, 6.07) is 6.23. The minimum Gasteiger partial charge on any atom is -0.363 e. The third-order valence-electron chi connectivity index (χ3n) is 5.50. The van der Waals surface area contributed by atoms with Gasteiger partial charge >= 0.3 is 0 Å². The average Bonchev–Trinajstić information content (AvgIpc) is 2.96. The predicted octanol–water partition coefficient (Wildman–Crippen LogP) is 2.35. The van der Waals surface area contributed by atoms with Gasteiger partial charge in [-0.15, -0.1) is 0 Å². The van der Waals surface area contributed by atoms with E-state index in [4.69, 9.17) is 4.74 Å². The third-order valence-corrected chi connectivity index (χ3v) is 5.50. The van der Waals surface area contributed by atoms with E-state index in [9.17, 15) is 9.18 Å². The Balaban J connectivity index is 1.45. The van der Waals surface area contributed by atoms with E-state index in [-0.39, 0.29) is 23.9 Å². The molecule has 0 aliphatic carbocycles. The molecule has 2 aliphatic rings. The molecule has 0 radical (unpaired) electrons. The van der Waals surface area contributed by atoms with Gasteiger partial charge in [-0.2, -0.15) is 0 Å². The van der Waals surface area contributed by atoms with E-state index < -0.39 is 0 Å². The van der Waals surface area contributed by atoms with Gasteiger partial charge in [-0.05, 0) is 44.0 Å². The van der Waals surface area contributed by atoms with Crippen molar-refractivity contribution in [2.24, 2.45) is 7.05 Å². The first-order chi connectivity index (χ1) is 13.0. The summed E-state index contributed by atoms with van der Waals surface area (Å²) in [4.78, 5) is 20.9. The molecule has 2 saturated heterocycles. The van der Waals surface area contributed by atoms with Crippen molar-refractivity contribution >= 4 is 11.6 Å². The van der Waals surface area contributed by atoms with Crippen LogP contribution in [0.25, 0.3) is 0 Å². The van der Waals surface area contributed by atoms with Crippen molar-refractivity contribution in [3.05, 3.63) is 48.3 Å². The summed E-state index contributed by atoms with van der Waals surface area (Å²) in [5.41, 5.74) is 1.31. The number of imidazole rings is 1. The van der Waals surface area contributed by atoms with Gasteiger partial charge in [0.1, 0.15) is 12.4 Å². The van der Waals surface area contributed by atoms with Crippen LogP contribution in [0.4, 0.5) is 10.1 Å². The van der Waals surface area contributed by atoms with Crippen LogP contribution in [0.15, 0.2) is 36.8 Å². The number of benzene rings is 1. The molecule has 0 saturated carbocycles. The lowest BCUT2D eigenvalue weighted by molar-refractivity contribution is -0.140. The minimum absolute atomic E-state index is 0.0523. The van der Waals surface area contributed by atoms with Crippen molar-refractivity contribution in [3.8, 4) is 0 Å². The SMILES string of the molecule is Cn1cnc(CN2CCCC3(CC2)CN(c2cccc(F)c2)C(=O)CO3)c1. The first-order valence-corrected chi connectivity index (χ1v) is 9.42. The highest BCUT2D eigenvalue weighted by Crippen LogP contribution is 2.33. The molecule has 27 heavy (non-hydrogen) atoms. The molecule has 1 amide bonds. The topological polar surface area (TPSA) is 50.6 Å². The van der Waals surface area contributed by atoms with Gasteiger partial charge in [-0.25, -0.2) is 9.37 Å². The fraction of sp³-hybridized carbons (Fsp3) is 0.500. The lowest BCUT2D eigenvalue weighted by Crippen LogP contribution is -2.55. The van der Waals surface area contributed by atoms with Gasteiger partial charge in [0.05, 0.1) is 24.2 Å². The Labute approximate surface area is 158 Å². The maximum Gasteiger partial charge on any atom is 0.253 e. The molecule has 1 aromatic heterocycles. The summed E-state index contributed by atoms with van der Waals surface area (Å²) >= 11 is 0. The van der Waals surface area contributed by atoms with Crippen LogP contribution in [0.2, 0.25) is 0 Å². The van der Waals surface area contributed by atoms with Gasteiger partial charge in [0, 0.05) is 32.0 Å². The van der Waals surface area contributed by atoms with Gasteiger partial charge < -0.3 is 14.2 Å². The van der Waals surface area contributed by atoms with Crippen LogP contribution < -0.4 is 4.90 Å². The highest BCUT2D eigenvalue weighted by atomic mass is 19.1. The number of likely N-dealkylation sites (tertiary alicyclic amines) is 1. The molecule has 1 unspecified atom stereocenters. The van der Waals surface area contributed by atoms with Crippen molar-refractivity contribution in [2.45, 2.75) is 31.4 Å². The molecule has 0 bridgehead atoms. The minimum atomic E-state index is -0.362. The van der Waals surface area contributed by atoms with E-state index in [1.807, 2.05) is 24.1 Å². The summed E-state index contributed by atoms with van der Waals surface area (Å²) in [5, 5.41) is 0. The predicted molar refractivity (Wildman–Crippen MR) is 99.8 cm³/mol. The summed E-state index contributed by atoms with van der Waals surface area (Å²) in [5.74, 6) is -0.441. The van der Waals surface area contributed by atoms with Crippen LogP contribution in [0.5, 0.6) is 0 Å². The van der Waals surface area contributed by atoms with Crippen molar-refractivity contribution in [1.82, 2.24) is 14.5 Å². The number of amides is 1. The molecule has 2 aliphatic heterocycles. The monoisotopic (exact) mass is 372 g/mol. The molecule has 1 aromatic carbocycles. The maximum atomic E-state index is 13.6. The number of carbonyl (C=O) groups is 1. The van der Waals surface area contributed by atoms with Crippen LogP contribution in [-0.2, 0) is 23.1 Å². The second-order valence-corrected chi connectivity index (χ2v) is 7.59. The molecule has 7 heteroatoms. The second-order valence-electron chi connectivity index (χ2n) is 7.59. The number of rotatable bonds is 3. The number of anilines is 1. The summed E-state index contributed by atoms with van der Waals surface area (Å²) in [6.07, 6.45) is 6.60. The largest absolute Gasteiger partial charge is 0.363 e. The Morgan fingerprint density at radius 1 is 1.30 bits per heavy atom. The third kappa shape index (κ3) is 4.04. The van der Waals surface area contributed by atoms with E-state index in [0.717, 1.165) is 44.6 Å². The van der Waals surface area contributed by atoms with Crippen LogP contribution in [-0.4, -0.2) is 52.2 Å². The molecule has 6 nitrogen and oxygen atoms in total. The first-order valence-electron chi connectivity index (χ1n) is 9.42. The molecular formula is C20H25FN4O2. The average molecular weight is 372 g/mol. The first kappa shape index (κ1) is 18.1. The molecule has 2 aromatic rings. The second kappa shape index (κ2) is 7.40. The lowest BCUT2D eigenvalue weighted by Gasteiger charge is -2.42. The number of nitrogens with zero attached hydrogens (tertiary/aromatic N) is 4. The molecule has 1 spiro atoms. The van der Waals surface area contributed by atoms with Crippen molar-refractivity contribution in [2.75, 3.05) is 31.1 Å². The Morgan fingerprint density at radius 3 is 2.96 bits per heavy atom. The van der Waals surface area contributed by atoms with Crippen LogP contribution in [0.1, 0.15) is 25.0 Å². The van der Waals surface area contributed by atoms with Crippen molar-refractivity contribution in [3.63, 3.8) is 0 Å². The van der Waals surface area contributed by atoms with Gasteiger partial charge in [-0.3, -0.25) is 9.69 Å². The number of hydrogen-bond acceptors (Lipinski definition) is 4. The van der Waals surface area contributed by atoms with Crippen LogP contribution >= 0.6 is 0 Å². The number of ether oxygens (including phenoxy) is 1. The van der Waals surface area contributed by atoms with Gasteiger partial charge in [-0.1, -0.05) is 6.07 Å². The fourth-order valence-corrected chi connectivity index (χ4v) is 4.06. The number of aryl methyl sites for hydroxylation is 1. The number of halogens is 1. The van der Waals surface area contributed by atoms with Crippen molar-refractivity contribution in [1.29, 1.82) is 0 Å². The summed E-state index contributed by atoms with van der Waals surface area (Å²) < 4.78 is 21.6. The molecule has 4 rings (SSSR count). The zero-order chi connectivity index (χ0) is 18.9. The zero-order valence-electron chi connectivity index (χ0n) is 15.6. The summed E-state index contributed by atoms with van der Waals surface area (Å²) in [6.45, 7) is 3.23. The molecule has 3 heterocycles. The molecule has 0 N–H and O–H groups in total. The van der Waals surface area contributed by atoms with E-state index >= 15 is 0 Å². The standard InChI is InChI=1S/C20H25FN4O2/c1-23-11-17(22-15-23)12-24-8-3-6-20(7-9-24)14-25(19(26)13-27-20)18-5-2-4-16(21)10-18/h2,4-5,10-11,15H,3,6-9,12-14H2,1H3. The van der Waals surface area contributed by atoms with Crippen LogP contribution in [0, 0.1) is 5.82 Å². The highest BCUT2D eigenvalue weighted by molar-refractivity contribution is 5.95. The molecule has 1 atom stereocenters. The van der Waals surface area contributed by atoms with Crippen molar-refractivity contribution < 1.29 is 13.9 Å². The fourth-order valence-electron chi connectivity index (χ4n) is 4.06. The number of aromatic nitrogens is 2. The van der Waals surface area contributed by atoms with E-state index in [1.54, 1.807) is 17.0 Å². The quantitative estimate of drug-likeness (QED) is 0.830. The number of carbonyl (C=O) groups excluding carboxylic acids is 1. The highest BCUT2D eigenvalue weighted by Gasteiger charge is 2.41. The van der Waals surface area contributed by atoms with E-state index in [2.05, 4.69) is 9.88 Å². The number of morpholine rings is 1. The van der Waals surface area contributed by atoms with E-state index in [1.165, 1.54) is 12.1 Å². The Morgan fingerprint density at radius 2 is 2.19 bits per heavy atom. The van der Waals surface area contributed by atoms with Gasteiger partial charge in [0.15, 0.2) is 0 Å². The Kier molecular flexibility index (Phi) is 4.97. The zero-order valence-corrected chi connectivity index (χ0v) is 15.6. The molecule has 2 fully saturated rings. The Hall–Kier alpha value is -2.25. The normalized spacial score (nSPS) is 24.4. The molecular weight excluding hydrogens is 347 g/mol. The van der Waals surface area contributed by atoms with Gasteiger partial charge in [0.25, 0.3) is 5.91 Å².